The van der Waals surface area contributed by atoms with Crippen molar-refractivity contribution in [3.63, 3.8) is 0 Å². The van der Waals surface area contributed by atoms with Gasteiger partial charge in [-0.05, 0) is 0 Å². The molecule has 0 amide bonds. The van der Waals surface area contributed by atoms with Crippen LogP contribution in [0.25, 0.3) is 0 Å². The summed E-state index contributed by atoms with van der Waals surface area (Å²) in [6.45, 7) is 0. The molecule has 0 fully saturated rings. The third-order valence-corrected chi connectivity index (χ3v) is 0. The first-order valence-corrected chi connectivity index (χ1v) is 1.80. The molecule has 5 heavy (non-hydrogen) atoms. The first-order valence-electron chi connectivity index (χ1n) is 0.600. The molecule has 3 nitrogen and oxygen atoms in total. The van der Waals surface area contributed by atoms with Crippen LogP contribution in [0.1, 0.15) is 0 Å². The predicted octanol–water partition coefficient (Wildman–Crippen LogP) is -1.19. The molecule has 0 spiro atoms. The monoisotopic (exact) mass is 110 g/mol. The minimum atomic E-state index is -2.62. The van der Waals surface area contributed by atoms with Crippen molar-refractivity contribution in [2.24, 2.45) is 0 Å². The maximum absolute atomic E-state index is 7.23. The summed E-state index contributed by atoms with van der Waals surface area (Å²) in [5, 5.41) is 0. The lowest BCUT2D eigenvalue weighted by Gasteiger charge is -1.76. The second-order valence-corrected chi connectivity index (χ2v) is 0.805. The highest BCUT2D eigenvalue weighted by atomic mass is 31.2. The third-order valence-electron chi connectivity index (χ3n) is 0. The Labute approximate surface area is 35.3 Å². The predicted molar refractivity (Wildman–Crippen MR) is 19.3 cm³/mol. The van der Waals surface area contributed by atoms with E-state index in [-0.39, 0.29) is 11.0 Å². The molecular formula is H3O3PSi. The Balaban J connectivity index is 0. The van der Waals surface area contributed by atoms with Crippen molar-refractivity contribution in [3.05, 3.63) is 0 Å². The SMILES string of the molecule is OP(O)O.[Si]. The van der Waals surface area contributed by atoms with E-state index >= 15 is 0 Å². The van der Waals surface area contributed by atoms with E-state index in [0.29, 0.717) is 0 Å². The lowest BCUT2D eigenvalue weighted by molar-refractivity contribution is 0.368. The molecular weight excluding hydrogens is 107 g/mol. The Morgan fingerprint density at radius 3 is 1.00 bits per heavy atom. The Hall–Kier alpha value is 0.527. The van der Waals surface area contributed by atoms with E-state index in [1.54, 1.807) is 0 Å². The fourth-order valence-corrected chi connectivity index (χ4v) is 0. The van der Waals surface area contributed by atoms with Crippen molar-refractivity contribution in [3.8, 4) is 0 Å². The molecule has 0 saturated carbocycles. The van der Waals surface area contributed by atoms with Crippen molar-refractivity contribution < 1.29 is 14.7 Å². The molecule has 0 aromatic carbocycles. The summed E-state index contributed by atoms with van der Waals surface area (Å²) in [5.41, 5.74) is 0. The number of rotatable bonds is 0. The van der Waals surface area contributed by atoms with E-state index < -0.39 is 8.60 Å². The molecule has 30 valence electrons. The molecule has 4 radical (unpaired) electrons. The van der Waals surface area contributed by atoms with Gasteiger partial charge in [-0.25, -0.2) is 0 Å². The summed E-state index contributed by atoms with van der Waals surface area (Å²) in [5.74, 6) is 0. The van der Waals surface area contributed by atoms with Crippen LogP contribution in [0, 0.1) is 0 Å². The van der Waals surface area contributed by atoms with E-state index in [1.165, 1.54) is 0 Å². The van der Waals surface area contributed by atoms with Crippen LogP contribution in [0.2, 0.25) is 0 Å². The van der Waals surface area contributed by atoms with Crippen LogP contribution < -0.4 is 0 Å². The molecule has 0 saturated heterocycles. The average molecular weight is 110 g/mol. The topological polar surface area (TPSA) is 60.7 Å². The maximum atomic E-state index is 7.23. The van der Waals surface area contributed by atoms with Gasteiger partial charge in [0.25, 0.3) is 0 Å². The summed E-state index contributed by atoms with van der Waals surface area (Å²) in [7, 11) is -2.62. The van der Waals surface area contributed by atoms with E-state index in [0.717, 1.165) is 0 Å². The van der Waals surface area contributed by atoms with Crippen molar-refractivity contribution in [1.29, 1.82) is 0 Å². The van der Waals surface area contributed by atoms with Crippen LogP contribution in [0.5, 0.6) is 0 Å². The highest BCUT2D eigenvalue weighted by Gasteiger charge is 1.76. The number of hydrogen-bond acceptors (Lipinski definition) is 3. The molecule has 3 N–H and O–H groups in total. The summed E-state index contributed by atoms with van der Waals surface area (Å²) in [6.07, 6.45) is 0. The van der Waals surface area contributed by atoms with E-state index in [9.17, 15) is 0 Å². The van der Waals surface area contributed by atoms with Crippen LogP contribution in [-0.4, -0.2) is 25.6 Å². The smallest absolute Gasteiger partial charge is 0.324 e. The quantitative estimate of drug-likeness (QED) is 0.271. The Morgan fingerprint density at radius 1 is 1.00 bits per heavy atom. The van der Waals surface area contributed by atoms with Crippen molar-refractivity contribution in [2.45, 2.75) is 0 Å². The molecule has 0 aliphatic heterocycles. The summed E-state index contributed by atoms with van der Waals surface area (Å²) in [4.78, 5) is 21.7. The normalized spacial score (nSPS) is 7.20. The molecule has 5 heteroatoms. The molecule has 0 aromatic rings. The largest absolute Gasteiger partial charge is 0.328 e. The molecule has 0 aliphatic rings. The third kappa shape index (κ3) is 104. The molecule has 0 atom stereocenters. The average Bonchev–Trinajstić information content (AvgIpc) is 0.811. The van der Waals surface area contributed by atoms with Crippen LogP contribution in [0.15, 0.2) is 0 Å². The van der Waals surface area contributed by atoms with Gasteiger partial charge in [-0.3, -0.25) is 0 Å². The minimum Gasteiger partial charge on any atom is -0.328 e. The molecule has 0 rings (SSSR count). The summed E-state index contributed by atoms with van der Waals surface area (Å²) in [6, 6.07) is 0. The lowest BCUT2D eigenvalue weighted by Crippen LogP contribution is -1.54. The first kappa shape index (κ1) is 9.11. The van der Waals surface area contributed by atoms with Crippen LogP contribution in [-0.2, 0) is 0 Å². The maximum Gasteiger partial charge on any atom is 0.324 e. The molecule has 0 bridgehead atoms. The standard InChI is InChI=1S/H3O3P.Si/c1-4(2)3;/h1-3H;. The highest BCUT2D eigenvalue weighted by molar-refractivity contribution is 7.38. The summed E-state index contributed by atoms with van der Waals surface area (Å²) < 4.78 is 0. The number of hydrogen-bond donors (Lipinski definition) is 3. The van der Waals surface area contributed by atoms with E-state index in [2.05, 4.69) is 0 Å². The van der Waals surface area contributed by atoms with Gasteiger partial charge in [0.1, 0.15) is 0 Å². The summed E-state index contributed by atoms with van der Waals surface area (Å²) >= 11 is 0. The zero-order valence-electron chi connectivity index (χ0n) is 2.29. The van der Waals surface area contributed by atoms with E-state index in [4.69, 9.17) is 14.7 Å². The second-order valence-electron chi connectivity index (χ2n) is 0.268. The zero-order valence-corrected chi connectivity index (χ0v) is 4.18. The molecule has 0 aromatic heterocycles. The van der Waals surface area contributed by atoms with Gasteiger partial charge in [-0.1, -0.05) is 0 Å². The fourth-order valence-electron chi connectivity index (χ4n) is 0. The Morgan fingerprint density at radius 2 is 1.00 bits per heavy atom. The van der Waals surface area contributed by atoms with Crippen LogP contribution in [0.3, 0.4) is 0 Å². The van der Waals surface area contributed by atoms with Gasteiger partial charge in [-0.15, -0.1) is 0 Å². The van der Waals surface area contributed by atoms with Crippen LogP contribution >= 0.6 is 8.60 Å². The Bertz CT molecular complexity index is 11.6. The molecule has 0 heterocycles. The van der Waals surface area contributed by atoms with Crippen molar-refractivity contribution in [2.75, 3.05) is 0 Å². The van der Waals surface area contributed by atoms with Gasteiger partial charge in [0.15, 0.2) is 0 Å². The zero-order chi connectivity index (χ0) is 3.58. The van der Waals surface area contributed by atoms with Gasteiger partial charge in [-0.2, -0.15) is 0 Å². The Kier molecular flexibility index (Phi) is 8.24. The van der Waals surface area contributed by atoms with Gasteiger partial charge >= 0.3 is 8.60 Å². The van der Waals surface area contributed by atoms with Gasteiger partial charge in [0.2, 0.25) is 0 Å². The first-order chi connectivity index (χ1) is 1.73. The van der Waals surface area contributed by atoms with E-state index in [1.807, 2.05) is 0 Å². The van der Waals surface area contributed by atoms with Gasteiger partial charge in [0, 0.05) is 11.0 Å². The van der Waals surface area contributed by atoms with Gasteiger partial charge < -0.3 is 14.7 Å². The highest BCUT2D eigenvalue weighted by Crippen LogP contribution is 2.11. The van der Waals surface area contributed by atoms with Crippen molar-refractivity contribution >= 4 is 19.6 Å². The minimum absolute atomic E-state index is 0. The fraction of sp³-hybridized carbons (Fsp3) is 0. The second kappa shape index (κ2) is 4.53. The molecule has 0 aliphatic carbocycles. The van der Waals surface area contributed by atoms with Crippen LogP contribution in [0.4, 0.5) is 0 Å². The van der Waals surface area contributed by atoms with Crippen molar-refractivity contribution in [1.82, 2.24) is 0 Å². The lowest BCUT2D eigenvalue weighted by atomic mass is 15.8. The van der Waals surface area contributed by atoms with Gasteiger partial charge in [0.05, 0.1) is 0 Å². The molecule has 0 unspecified atom stereocenters.